The number of hydrogen-bond acceptors (Lipinski definition) is 2. The Hall–Kier alpha value is -2.29. The number of ether oxygens (including phenoxy) is 1. The number of fused-ring (bicyclic) bond motifs is 1. The minimum Gasteiger partial charge on any atom is -0.493 e. The zero-order valence-corrected chi connectivity index (χ0v) is 14.1. The third kappa shape index (κ3) is 3.55. The molecule has 0 bridgehead atoms. The van der Waals surface area contributed by atoms with Gasteiger partial charge in [0.05, 0.1) is 18.3 Å². The molecule has 120 valence electrons. The second-order valence-electron chi connectivity index (χ2n) is 6.32. The Kier molecular flexibility index (Phi) is 4.65. The van der Waals surface area contributed by atoms with Crippen LogP contribution < -0.4 is 4.74 Å². The molecule has 3 nitrogen and oxygen atoms in total. The van der Waals surface area contributed by atoms with Crippen LogP contribution in [0, 0.1) is 6.92 Å². The molecule has 23 heavy (non-hydrogen) atoms. The summed E-state index contributed by atoms with van der Waals surface area (Å²) in [6, 6.07) is 14.8. The molecule has 3 heteroatoms. The fourth-order valence-corrected chi connectivity index (χ4v) is 2.84. The standard InChI is InChI=1S/C20H24N2O/c1-15(2)18-10-9-16(3)13-20(18)23-12-6-11-22-19-8-5-4-7-17(19)14-21-22/h4-5,7-10,13-15H,6,11-12H2,1-3H3. The Balaban J connectivity index is 1.61. The molecule has 0 radical (unpaired) electrons. The van der Waals surface area contributed by atoms with E-state index in [4.69, 9.17) is 4.74 Å². The predicted octanol–water partition coefficient (Wildman–Crippen LogP) is 4.94. The molecule has 0 N–H and O–H groups in total. The van der Waals surface area contributed by atoms with Crippen molar-refractivity contribution in [1.82, 2.24) is 9.78 Å². The lowest BCUT2D eigenvalue weighted by molar-refractivity contribution is 0.296. The molecule has 0 atom stereocenters. The summed E-state index contributed by atoms with van der Waals surface area (Å²) in [6.45, 7) is 8.08. The van der Waals surface area contributed by atoms with Gasteiger partial charge < -0.3 is 4.74 Å². The van der Waals surface area contributed by atoms with Crippen LogP contribution in [0.25, 0.3) is 10.9 Å². The third-order valence-corrected chi connectivity index (χ3v) is 4.11. The van der Waals surface area contributed by atoms with Gasteiger partial charge in [0.25, 0.3) is 0 Å². The fourth-order valence-electron chi connectivity index (χ4n) is 2.84. The van der Waals surface area contributed by atoms with Gasteiger partial charge in [0.1, 0.15) is 5.75 Å². The van der Waals surface area contributed by atoms with Gasteiger partial charge in [0.15, 0.2) is 0 Å². The molecule has 2 aromatic carbocycles. The predicted molar refractivity (Wildman–Crippen MR) is 95.1 cm³/mol. The minimum atomic E-state index is 0.473. The van der Waals surface area contributed by atoms with Crippen molar-refractivity contribution in [1.29, 1.82) is 0 Å². The summed E-state index contributed by atoms with van der Waals surface area (Å²) in [4.78, 5) is 0. The Morgan fingerprint density at radius 2 is 1.96 bits per heavy atom. The molecule has 1 aromatic heterocycles. The number of hydrogen-bond donors (Lipinski definition) is 0. The van der Waals surface area contributed by atoms with Gasteiger partial charge in [-0.05, 0) is 36.1 Å². The van der Waals surface area contributed by atoms with Gasteiger partial charge in [-0.2, -0.15) is 5.10 Å². The van der Waals surface area contributed by atoms with E-state index in [-0.39, 0.29) is 0 Å². The molecule has 3 rings (SSSR count). The van der Waals surface area contributed by atoms with Crippen LogP contribution in [0.5, 0.6) is 5.75 Å². The van der Waals surface area contributed by atoms with Crippen molar-refractivity contribution in [2.24, 2.45) is 0 Å². The molecule has 0 spiro atoms. The van der Waals surface area contributed by atoms with E-state index < -0.39 is 0 Å². The zero-order chi connectivity index (χ0) is 16.2. The van der Waals surface area contributed by atoms with Gasteiger partial charge in [0.2, 0.25) is 0 Å². The van der Waals surface area contributed by atoms with Crippen LogP contribution in [-0.2, 0) is 6.54 Å². The maximum absolute atomic E-state index is 6.05. The van der Waals surface area contributed by atoms with E-state index >= 15 is 0 Å². The van der Waals surface area contributed by atoms with E-state index in [0.29, 0.717) is 12.5 Å². The summed E-state index contributed by atoms with van der Waals surface area (Å²) >= 11 is 0. The summed E-state index contributed by atoms with van der Waals surface area (Å²) < 4.78 is 8.10. The smallest absolute Gasteiger partial charge is 0.123 e. The van der Waals surface area contributed by atoms with Crippen molar-refractivity contribution < 1.29 is 4.74 Å². The van der Waals surface area contributed by atoms with E-state index in [9.17, 15) is 0 Å². The van der Waals surface area contributed by atoms with Gasteiger partial charge in [0, 0.05) is 18.4 Å². The van der Waals surface area contributed by atoms with Crippen LogP contribution in [0.4, 0.5) is 0 Å². The Morgan fingerprint density at radius 1 is 1.13 bits per heavy atom. The van der Waals surface area contributed by atoms with Gasteiger partial charge in [-0.25, -0.2) is 0 Å². The highest BCUT2D eigenvalue weighted by molar-refractivity contribution is 5.78. The Bertz CT molecular complexity index is 789. The summed E-state index contributed by atoms with van der Waals surface area (Å²) in [7, 11) is 0. The molecule has 0 fully saturated rings. The highest BCUT2D eigenvalue weighted by Crippen LogP contribution is 2.27. The molecule has 3 aromatic rings. The van der Waals surface area contributed by atoms with Gasteiger partial charge in [-0.3, -0.25) is 4.68 Å². The second kappa shape index (κ2) is 6.86. The quantitative estimate of drug-likeness (QED) is 0.603. The number of para-hydroxylation sites is 1. The van der Waals surface area contributed by atoms with Gasteiger partial charge >= 0.3 is 0 Å². The highest BCUT2D eigenvalue weighted by atomic mass is 16.5. The Labute approximate surface area is 137 Å². The third-order valence-electron chi connectivity index (χ3n) is 4.11. The van der Waals surface area contributed by atoms with Crippen LogP contribution in [0.15, 0.2) is 48.7 Å². The molecule has 0 aliphatic rings. The topological polar surface area (TPSA) is 27.1 Å². The van der Waals surface area contributed by atoms with E-state index in [1.54, 1.807) is 0 Å². The fraction of sp³-hybridized carbons (Fsp3) is 0.350. The molecule has 0 saturated carbocycles. The van der Waals surface area contributed by atoms with Crippen molar-refractivity contribution in [2.75, 3.05) is 6.61 Å². The first-order valence-electron chi connectivity index (χ1n) is 8.29. The monoisotopic (exact) mass is 308 g/mol. The molecule has 1 heterocycles. The van der Waals surface area contributed by atoms with Crippen molar-refractivity contribution in [3.8, 4) is 5.75 Å². The maximum atomic E-state index is 6.05. The minimum absolute atomic E-state index is 0.473. The highest BCUT2D eigenvalue weighted by Gasteiger charge is 2.08. The number of nitrogens with zero attached hydrogens (tertiary/aromatic N) is 2. The largest absolute Gasteiger partial charge is 0.493 e. The molecule has 0 unspecified atom stereocenters. The van der Waals surface area contributed by atoms with Crippen molar-refractivity contribution in [3.63, 3.8) is 0 Å². The van der Waals surface area contributed by atoms with Gasteiger partial charge in [-0.1, -0.05) is 44.2 Å². The SMILES string of the molecule is Cc1ccc(C(C)C)c(OCCCn2ncc3ccccc32)c1. The van der Waals surface area contributed by atoms with Crippen molar-refractivity contribution >= 4 is 10.9 Å². The zero-order valence-electron chi connectivity index (χ0n) is 14.1. The lowest BCUT2D eigenvalue weighted by Crippen LogP contribution is -2.07. The van der Waals surface area contributed by atoms with E-state index in [0.717, 1.165) is 18.7 Å². The van der Waals surface area contributed by atoms with Crippen LogP contribution in [0.1, 0.15) is 37.3 Å². The molecular weight excluding hydrogens is 284 g/mol. The lowest BCUT2D eigenvalue weighted by atomic mass is 10.0. The number of aryl methyl sites for hydroxylation is 2. The average molecular weight is 308 g/mol. The van der Waals surface area contributed by atoms with Crippen LogP contribution in [-0.4, -0.2) is 16.4 Å². The number of benzene rings is 2. The molecule has 0 aliphatic carbocycles. The summed E-state index contributed by atoms with van der Waals surface area (Å²) in [5.74, 6) is 1.49. The molecule has 0 saturated heterocycles. The van der Waals surface area contributed by atoms with Crippen LogP contribution in [0.2, 0.25) is 0 Å². The first-order chi connectivity index (χ1) is 11.1. The Morgan fingerprint density at radius 3 is 2.78 bits per heavy atom. The molecule has 0 amide bonds. The van der Waals surface area contributed by atoms with E-state index in [2.05, 4.69) is 66.9 Å². The maximum Gasteiger partial charge on any atom is 0.123 e. The first-order valence-corrected chi connectivity index (χ1v) is 8.29. The summed E-state index contributed by atoms with van der Waals surface area (Å²) in [5.41, 5.74) is 3.70. The molecular formula is C20H24N2O. The average Bonchev–Trinajstić information content (AvgIpc) is 2.94. The van der Waals surface area contributed by atoms with Crippen LogP contribution >= 0.6 is 0 Å². The van der Waals surface area contributed by atoms with Crippen molar-refractivity contribution in [2.45, 2.75) is 39.7 Å². The van der Waals surface area contributed by atoms with Gasteiger partial charge in [-0.15, -0.1) is 0 Å². The first kappa shape index (κ1) is 15.6. The second-order valence-corrected chi connectivity index (χ2v) is 6.32. The molecule has 0 aliphatic heterocycles. The number of rotatable bonds is 6. The van der Waals surface area contributed by atoms with Crippen molar-refractivity contribution in [3.05, 3.63) is 59.8 Å². The van der Waals surface area contributed by atoms with E-state index in [1.165, 1.54) is 22.0 Å². The van der Waals surface area contributed by atoms with E-state index in [1.807, 2.05) is 12.3 Å². The summed E-state index contributed by atoms with van der Waals surface area (Å²) in [6.07, 6.45) is 2.87. The normalized spacial score (nSPS) is 11.3. The number of aromatic nitrogens is 2. The summed E-state index contributed by atoms with van der Waals surface area (Å²) in [5, 5.41) is 5.65. The van der Waals surface area contributed by atoms with Crippen LogP contribution in [0.3, 0.4) is 0 Å². The lowest BCUT2D eigenvalue weighted by Gasteiger charge is -2.15.